The molecule has 1 aromatic rings. The second kappa shape index (κ2) is 4.18. The molecule has 0 aliphatic rings. The number of halogens is 1. The van der Waals surface area contributed by atoms with E-state index in [9.17, 15) is 4.79 Å². The number of carbonyl (C=O) groups excluding carboxylic acids is 1. The average Bonchev–Trinajstić information content (AvgIpc) is 2.52. The number of hydrogen-bond acceptors (Lipinski definition) is 2. The maximum Gasteiger partial charge on any atom is 0.254 e. The van der Waals surface area contributed by atoms with Crippen LogP contribution in [0.2, 0.25) is 0 Å². The number of hydrogen-bond donors (Lipinski definition) is 1. The Balaban J connectivity index is 2.43. The number of amides is 1. The van der Waals surface area contributed by atoms with Crippen LogP contribution in [0.1, 0.15) is 10.4 Å². The second-order valence-corrected chi connectivity index (χ2v) is 2.75. The van der Waals surface area contributed by atoms with Crippen LogP contribution in [0.15, 0.2) is 23.0 Å². The first-order valence-corrected chi connectivity index (χ1v) is 4.33. The molecular weight excluding hydrogens is 210 g/mol. The van der Waals surface area contributed by atoms with Gasteiger partial charge < -0.3 is 9.73 Å². The molecule has 1 aromatic heterocycles. The lowest BCUT2D eigenvalue weighted by atomic mass is 10.3. The highest BCUT2D eigenvalue weighted by molar-refractivity contribution is 9.09. The quantitative estimate of drug-likeness (QED) is 0.779. The van der Waals surface area contributed by atoms with Crippen molar-refractivity contribution < 1.29 is 9.21 Å². The minimum Gasteiger partial charge on any atom is -0.472 e. The van der Waals surface area contributed by atoms with Gasteiger partial charge >= 0.3 is 0 Å². The molecule has 0 aliphatic carbocycles. The van der Waals surface area contributed by atoms with Crippen molar-refractivity contribution in [1.82, 2.24) is 5.32 Å². The summed E-state index contributed by atoms with van der Waals surface area (Å²) in [5, 5.41) is 3.45. The predicted octanol–water partition coefficient (Wildman–Crippen LogP) is 1.40. The Labute approximate surface area is 72.9 Å². The van der Waals surface area contributed by atoms with Gasteiger partial charge in [0, 0.05) is 11.9 Å². The van der Waals surface area contributed by atoms with Crippen LogP contribution in [0.25, 0.3) is 0 Å². The summed E-state index contributed by atoms with van der Waals surface area (Å²) in [6.45, 7) is 0.629. The summed E-state index contributed by atoms with van der Waals surface area (Å²) in [7, 11) is 0. The van der Waals surface area contributed by atoms with Gasteiger partial charge in [0.2, 0.25) is 0 Å². The fourth-order valence-corrected chi connectivity index (χ4v) is 0.855. The number of alkyl halides is 1. The second-order valence-electron chi connectivity index (χ2n) is 1.96. The number of carbonyl (C=O) groups is 1. The van der Waals surface area contributed by atoms with Crippen molar-refractivity contribution in [3.8, 4) is 0 Å². The minimum atomic E-state index is -0.0989. The lowest BCUT2D eigenvalue weighted by Gasteiger charge is -1.97. The van der Waals surface area contributed by atoms with Gasteiger partial charge in [-0.3, -0.25) is 4.79 Å². The zero-order chi connectivity index (χ0) is 8.10. The summed E-state index contributed by atoms with van der Waals surface area (Å²) in [4.78, 5) is 11.1. The van der Waals surface area contributed by atoms with Crippen molar-refractivity contribution in [1.29, 1.82) is 0 Å². The van der Waals surface area contributed by atoms with Crippen molar-refractivity contribution in [3.05, 3.63) is 24.2 Å². The Morgan fingerprint density at radius 3 is 3.09 bits per heavy atom. The average molecular weight is 218 g/mol. The van der Waals surface area contributed by atoms with E-state index in [1.807, 2.05) is 0 Å². The van der Waals surface area contributed by atoms with E-state index in [4.69, 9.17) is 4.42 Å². The van der Waals surface area contributed by atoms with Crippen LogP contribution in [-0.4, -0.2) is 17.8 Å². The van der Waals surface area contributed by atoms with Crippen molar-refractivity contribution in [2.45, 2.75) is 0 Å². The Morgan fingerprint density at radius 2 is 2.55 bits per heavy atom. The van der Waals surface area contributed by atoms with E-state index in [1.165, 1.54) is 12.5 Å². The fourth-order valence-electron chi connectivity index (χ4n) is 0.657. The molecule has 1 heterocycles. The zero-order valence-corrected chi connectivity index (χ0v) is 7.43. The molecule has 1 N–H and O–H groups in total. The Bertz CT molecular complexity index is 220. The molecule has 0 radical (unpaired) electrons. The smallest absolute Gasteiger partial charge is 0.254 e. The third-order valence-corrected chi connectivity index (χ3v) is 1.56. The van der Waals surface area contributed by atoms with Gasteiger partial charge in [-0.15, -0.1) is 0 Å². The summed E-state index contributed by atoms with van der Waals surface area (Å²) >= 11 is 3.20. The lowest BCUT2D eigenvalue weighted by molar-refractivity contribution is 0.0955. The Kier molecular flexibility index (Phi) is 3.16. The number of rotatable bonds is 3. The molecule has 60 valence electrons. The predicted molar refractivity (Wildman–Crippen MR) is 44.8 cm³/mol. The molecule has 0 atom stereocenters. The number of furan rings is 1. The molecule has 1 amide bonds. The normalized spacial score (nSPS) is 9.55. The molecule has 1 rings (SSSR count). The first-order chi connectivity index (χ1) is 5.34. The van der Waals surface area contributed by atoms with Gasteiger partial charge in [-0.25, -0.2) is 0 Å². The molecule has 0 saturated carbocycles. The SMILES string of the molecule is O=C(NCCBr)c1ccoc1. The molecule has 0 aliphatic heterocycles. The third kappa shape index (κ3) is 2.38. The maximum absolute atomic E-state index is 11.1. The molecule has 4 heteroatoms. The van der Waals surface area contributed by atoms with Crippen LogP contribution in [0, 0.1) is 0 Å². The molecule has 0 saturated heterocycles. The van der Waals surface area contributed by atoms with Crippen molar-refractivity contribution in [2.24, 2.45) is 0 Å². The van der Waals surface area contributed by atoms with Crippen LogP contribution < -0.4 is 5.32 Å². The van der Waals surface area contributed by atoms with Crippen molar-refractivity contribution in [3.63, 3.8) is 0 Å². The molecule has 0 aromatic carbocycles. The molecule has 0 spiro atoms. The van der Waals surface area contributed by atoms with Crippen LogP contribution in [0.5, 0.6) is 0 Å². The first kappa shape index (κ1) is 8.33. The molecular formula is C7H8BrNO2. The summed E-state index contributed by atoms with van der Waals surface area (Å²) in [6.07, 6.45) is 2.90. The van der Waals surface area contributed by atoms with Crippen LogP contribution in [-0.2, 0) is 0 Å². The standard InChI is InChI=1S/C7H8BrNO2/c8-2-3-9-7(10)6-1-4-11-5-6/h1,4-5H,2-3H2,(H,9,10). The summed E-state index contributed by atoms with van der Waals surface area (Å²) in [6, 6.07) is 1.63. The molecule has 11 heavy (non-hydrogen) atoms. The van der Waals surface area contributed by atoms with Gasteiger partial charge in [-0.05, 0) is 6.07 Å². The van der Waals surface area contributed by atoms with Crippen LogP contribution >= 0.6 is 15.9 Å². The van der Waals surface area contributed by atoms with E-state index < -0.39 is 0 Å². The first-order valence-electron chi connectivity index (χ1n) is 3.21. The largest absolute Gasteiger partial charge is 0.472 e. The van der Waals surface area contributed by atoms with E-state index in [0.29, 0.717) is 12.1 Å². The monoisotopic (exact) mass is 217 g/mol. The van der Waals surface area contributed by atoms with Gasteiger partial charge in [-0.2, -0.15) is 0 Å². The van der Waals surface area contributed by atoms with E-state index in [0.717, 1.165) is 5.33 Å². The van der Waals surface area contributed by atoms with Crippen LogP contribution in [0.3, 0.4) is 0 Å². The lowest BCUT2D eigenvalue weighted by Crippen LogP contribution is -2.24. The van der Waals surface area contributed by atoms with E-state index in [2.05, 4.69) is 21.2 Å². The third-order valence-electron chi connectivity index (χ3n) is 1.16. The van der Waals surface area contributed by atoms with E-state index in [1.54, 1.807) is 6.07 Å². The summed E-state index contributed by atoms with van der Waals surface area (Å²) in [5.41, 5.74) is 0.561. The highest BCUT2D eigenvalue weighted by Gasteiger charge is 2.03. The minimum absolute atomic E-state index is 0.0989. The molecule has 0 bridgehead atoms. The fraction of sp³-hybridized carbons (Fsp3) is 0.286. The van der Waals surface area contributed by atoms with Gasteiger partial charge in [-0.1, -0.05) is 15.9 Å². The Hall–Kier alpha value is -0.770. The van der Waals surface area contributed by atoms with Crippen LogP contribution in [0.4, 0.5) is 0 Å². The van der Waals surface area contributed by atoms with Crippen molar-refractivity contribution in [2.75, 3.05) is 11.9 Å². The van der Waals surface area contributed by atoms with Crippen molar-refractivity contribution >= 4 is 21.8 Å². The van der Waals surface area contributed by atoms with E-state index >= 15 is 0 Å². The van der Waals surface area contributed by atoms with E-state index in [-0.39, 0.29) is 5.91 Å². The summed E-state index contributed by atoms with van der Waals surface area (Å²) in [5.74, 6) is -0.0989. The maximum atomic E-state index is 11.1. The highest BCUT2D eigenvalue weighted by atomic mass is 79.9. The topological polar surface area (TPSA) is 42.2 Å². The number of nitrogens with one attached hydrogen (secondary N) is 1. The van der Waals surface area contributed by atoms with Gasteiger partial charge in [0.25, 0.3) is 5.91 Å². The van der Waals surface area contributed by atoms with Gasteiger partial charge in [0.05, 0.1) is 11.8 Å². The molecule has 0 unspecified atom stereocenters. The van der Waals surface area contributed by atoms with Gasteiger partial charge in [0.15, 0.2) is 0 Å². The highest BCUT2D eigenvalue weighted by Crippen LogP contribution is 1.98. The zero-order valence-electron chi connectivity index (χ0n) is 5.84. The molecule has 0 fully saturated rings. The van der Waals surface area contributed by atoms with Gasteiger partial charge in [0.1, 0.15) is 6.26 Å². The molecule has 3 nitrogen and oxygen atoms in total. The summed E-state index contributed by atoms with van der Waals surface area (Å²) < 4.78 is 4.74. The Morgan fingerprint density at radius 1 is 1.73 bits per heavy atom.